The van der Waals surface area contributed by atoms with Gasteiger partial charge >= 0.3 is 0 Å². The van der Waals surface area contributed by atoms with Crippen molar-refractivity contribution < 1.29 is 9.47 Å². The van der Waals surface area contributed by atoms with Crippen molar-refractivity contribution in [2.24, 2.45) is 0 Å². The first-order chi connectivity index (χ1) is 5.72. The predicted octanol–water partition coefficient (Wildman–Crippen LogP) is 2.25. The molecule has 1 aliphatic carbocycles. The monoisotopic (exact) mass is 168 g/mol. The van der Waals surface area contributed by atoms with Crippen LogP contribution in [0.3, 0.4) is 0 Å². The van der Waals surface area contributed by atoms with Crippen LogP contribution in [0.25, 0.3) is 0 Å². The Labute approximate surface area is 73.5 Å². The Morgan fingerprint density at radius 2 is 1.92 bits per heavy atom. The van der Waals surface area contributed by atoms with Crippen LogP contribution in [0.2, 0.25) is 0 Å². The highest BCUT2D eigenvalue weighted by Crippen LogP contribution is 2.36. The summed E-state index contributed by atoms with van der Waals surface area (Å²) in [6.45, 7) is 4.14. The number of allylic oxidation sites excluding steroid dienone is 1. The van der Waals surface area contributed by atoms with Gasteiger partial charge in [-0.3, -0.25) is 0 Å². The number of hydrogen-bond donors (Lipinski definition) is 0. The molecule has 2 aliphatic rings. The van der Waals surface area contributed by atoms with Crippen LogP contribution in [0.5, 0.6) is 0 Å². The summed E-state index contributed by atoms with van der Waals surface area (Å²) in [5, 5.41) is 0. The molecule has 1 spiro atoms. The first kappa shape index (κ1) is 8.27. The summed E-state index contributed by atoms with van der Waals surface area (Å²) in [7, 11) is 0. The minimum absolute atomic E-state index is 0.229. The first-order valence-electron chi connectivity index (χ1n) is 4.75. The second-order valence-electron chi connectivity index (χ2n) is 3.75. The van der Waals surface area contributed by atoms with Gasteiger partial charge in [0.1, 0.15) is 0 Å². The molecule has 0 aromatic carbocycles. The number of hydrogen-bond acceptors (Lipinski definition) is 2. The van der Waals surface area contributed by atoms with Crippen LogP contribution >= 0.6 is 0 Å². The van der Waals surface area contributed by atoms with Gasteiger partial charge in [0.2, 0.25) is 0 Å². The third-order valence-electron chi connectivity index (χ3n) is 2.70. The standard InChI is InChI=1S/C10H16O2/c1-8-9(2)12-10(11-8)6-4-3-5-7-10/h4,6,8-9H,3,5,7H2,1-2H3/t8-,9-/m1/s1. The van der Waals surface area contributed by atoms with Gasteiger partial charge in [0.25, 0.3) is 0 Å². The molecular formula is C10H16O2. The Balaban J connectivity index is 2.12. The van der Waals surface area contributed by atoms with E-state index in [4.69, 9.17) is 9.47 Å². The molecule has 0 amide bonds. The largest absolute Gasteiger partial charge is 0.341 e. The molecular weight excluding hydrogens is 152 g/mol. The molecule has 2 atom stereocenters. The van der Waals surface area contributed by atoms with E-state index < -0.39 is 0 Å². The van der Waals surface area contributed by atoms with Crippen LogP contribution < -0.4 is 0 Å². The van der Waals surface area contributed by atoms with Gasteiger partial charge in [-0.15, -0.1) is 0 Å². The van der Waals surface area contributed by atoms with Crippen LogP contribution in [-0.2, 0) is 9.47 Å². The lowest BCUT2D eigenvalue weighted by molar-refractivity contribution is -0.142. The third-order valence-corrected chi connectivity index (χ3v) is 2.70. The number of rotatable bonds is 0. The van der Waals surface area contributed by atoms with Crippen LogP contribution in [0.15, 0.2) is 12.2 Å². The molecule has 0 bridgehead atoms. The maximum Gasteiger partial charge on any atom is 0.188 e. The summed E-state index contributed by atoms with van der Waals surface area (Å²) in [6.07, 6.45) is 8.05. The fourth-order valence-electron chi connectivity index (χ4n) is 1.86. The summed E-state index contributed by atoms with van der Waals surface area (Å²) in [4.78, 5) is 0. The fourth-order valence-corrected chi connectivity index (χ4v) is 1.86. The smallest absolute Gasteiger partial charge is 0.188 e. The normalized spacial score (nSPS) is 39.2. The van der Waals surface area contributed by atoms with Gasteiger partial charge in [0, 0.05) is 6.42 Å². The quantitative estimate of drug-likeness (QED) is 0.516. The highest BCUT2D eigenvalue weighted by molar-refractivity contribution is 5.03. The van der Waals surface area contributed by atoms with Crippen molar-refractivity contribution >= 4 is 0 Å². The summed E-state index contributed by atoms with van der Waals surface area (Å²) in [5.74, 6) is -0.364. The lowest BCUT2D eigenvalue weighted by Gasteiger charge is -2.27. The van der Waals surface area contributed by atoms with Crippen molar-refractivity contribution in [2.45, 2.75) is 51.1 Å². The van der Waals surface area contributed by atoms with Gasteiger partial charge in [-0.2, -0.15) is 0 Å². The lowest BCUT2D eigenvalue weighted by Crippen LogP contribution is -2.29. The Morgan fingerprint density at radius 3 is 2.42 bits per heavy atom. The summed E-state index contributed by atoms with van der Waals surface area (Å²) in [5.41, 5.74) is 0. The molecule has 2 nitrogen and oxygen atoms in total. The number of ether oxygens (including phenoxy) is 2. The molecule has 0 N–H and O–H groups in total. The topological polar surface area (TPSA) is 18.5 Å². The van der Waals surface area contributed by atoms with E-state index in [1.807, 2.05) is 0 Å². The van der Waals surface area contributed by atoms with E-state index in [2.05, 4.69) is 26.0 Å². The van der Waals surface area contributed by atoms with Gasteiger partial charge in [0.05, 0.1) is 12.2 Å². The summed E-state index contributed by atoms with van der Waals surface area (Å²) >= 11 is 0. The zero-order chi connectivity index (χ0) is 8.60. The van der Waals surface area contributed by atoms with Gasteiger partial charge < -0.3 is 9.47 Å². The second-order valence-corrected chi connectivity index (χ2v) is 3.75. The maximum absolute atomic E-state index is 5.79. The molecule has 2 heteroatoms. The first-order valence-corrected chi connectivity index (χ1v) is 4.75. The Hall–Kier alpha value is -0.340. The van der Waals surface area contributed by atoms with Gasteiger partial charge in [-0.1, -0.05) is 6.08 Å². The zero-order valence-corrected chi connectivity index (χ0v) is 7.75. The third kappa shape index (κ3) is 1.29. The maximum atomic E-state index is 5.79. The van der Waals surface area contributed by atoms with E-state index in [-0.39, 0.29) is 18.0 Å². The Bertz CT molecular complexity index is 188. The van der Waals surface area contributed by atoms with Crippen molar-refractivity contribution in [1.82, 2.24) is 0 Å². The molecule has 0 radical (unpaired) electrons. The van der Waals surface area contributed by atoms with Gasteiger partial charge in [-0.05, 0) is 32.8 Å². The van der Waals surface area contributed by atoms with Crippen LogP contribution in [0.4, 0.5) is 0 Å². The van der Waals surface area contributed by atoms with E-state index in [0.717, 1.165) is 12.8 Å². The SMILES string of the molecule is C[C@H]1OC2(C=CCCC2)O[C@@H]1C. The van der Waals surface area contributed by atoms with Crippen molar-refractivity contribution in [2.75, 3.05) is 0 Å². The summed E-state index contributed by atoms with van der Waals surface area (Å²) < 4.78 is 11.6. The average Bonchev–Trinajstić information content (AvgIpc) is 2.29. The van der Waals surface area contributed by atoms with Crippen molar-refractivity contribution in [3.8, 4) is 0 Å². The lowest BCUT2D eigenvalue weighted by atomic mass is 10.0. The molecule has 1 heterocycles. The molecule has 0 saturated carbocycles. The molecule has 1 fully saturated rings. The molecule has 1 saturated heterocycles. The fraction of sp³-hybridized carbons (Fsp3) is 0.800. The van der Waals surface area contributed by atoms with Gasteiger partial charge in [0.15, 0.2) is 5.79 Å². The van der Waals surface area contributed by atoms with Crippen LogP contribution in [-0.4, -0.2) is 18.0 Å². The molecule has 0 aromatic heterocycles. The highest BCUT2D eigenvalue weighted by atomic mass is 16.8. The molecule has 68 valence electrons. The van der Waals surface area contributed by atoms with E-state index >= 15 is 0 Å². The highest BCUT2D eigenvalue weighted by Gasteiger charge is 2.42. The van der Waals surface area contributed by atoms with Crippen LogP contribution in [0, 0.1) is 0 Å². The Morgan fingerprint density at radius 1 is 1.25 bits per heavy atom. The molecule has 0 unspecified atom stereocenters. The minimum atomic E-state index is -0.364. The minimum Gasteiger partial charge on any atom is -0.341 e. The Kier molecular flexibility index (Phi) is 1.97. The zero-order valence-electron chi connectivity index (χ0n) is 7.75. The van der Waals surface area contributed by atoms with Crippen LogP contribution in [0.1, 0.15) is 33.1 Å². The predicted molar refractivity (Wildman–Crippen MR) is 46.8 cm³/mol. The molecule has 0 aromatic rings. The van der Waals surface area contributed by atoms with E-state index in [1.165, 1.54) is 6.42 Å². The molecule has 12 heavy (non-hydrogen) atoms. The molecule has 1 aliphatic heterocycles. The summed E-state index contributed by atoms with van der Waals surface area (Å²) in [6, 6.07) is 0. The van der Waals surface area contributed by atoms with Crippen molar-refractivity contribution in [3.05, 3.63) is 12.2 Å². The van der Waals surface area contributed by atoms with E-state index in [9.17, 15) is 0 Å². The average molecular weight is 168 g/mol. The van der Waals surface area contributed by atoms with E-state index in [0.29, 0.717) is 0 Å². The van der Waals surface area contributed by atoms with E-state index in [1.54, 1.807) is 0 Å². The van der Waals surface area contributed by atoms with Gasteiger partial charge in [-0.25, -0.2) is 0 Å². The second kappa shape index (κ2) is 2.86. The van der Waals surface area contributed by atoms with Crippen molar-refractivity contribution in [3.63, 3.8) is 0 Å². The van der Waals surface area contributed by atoms with Crippen molar-refractivity contribution in [1.29, 1.82) is 0 Å². The molecule has 2 rings (SSSR count).